The molecule has 7 nitrogen and oxygen atoms in total. The molecule has 7 heteroatoms. The van der Waals surface area contributed by atoms with Gasteiger partial charge in [0.1, 0.15) is 0 Å². The number of likely N-dealkylation sites (N-methyl/N-ethyl adjacent to an activating group) is 1. The van der Waals surface area contributed by atoms with Crippen LogP contribution in [0, 0.1) is 0 Å². The average molecular weight is 323 g/mol. The Bertz CT molecular complexity index is 523. The number of hydrogen-bond donors (Lipinski definition) is 2. The summed E-state index contributed by atoms with van der Waals surface area (Å²) in [4.78, 5) is 15.3. The van der Waals surface area contributed by atoms with Gasteiger partial charge in [-0.15, -0.1) is 0 Å². The van der Waals surface area contributed by atoms with Crippen molar-refractivity contribution in [2.24, 2.45) is 5.73 Å². The van der Waals surface area contributed by atoms with Gasteiger partial charge in [-0.05, 0) is 7.05 Å². The molecule has 3 N–H and O–H groups in total. The molecule has 2 heterocycles. The SMILES string of the molecule is CN(CC(N)=O)C[C@@H]1CN(Cc2cn[nH]c2C(C)(C)C)CCO1. The fraction of sp³-hybridized carbons (Fsp3) is 0.750. The van der Waals surface area contributed by atoms with Gasteiger partial charge in [-0.3, -0.25) is 19.7 Å². The van der Waals surface area contributed by atoms with E-state index in [4.69, 9.17) is 10.5 Å². The van der Waals surface area contributed by atoms with Gasteiger partial charge in [0, 0.05) is 42.9 Å². The van der Waals surface area contributed by atoms with Crippen LogP contribution in [0.5, 0.6) is 0 Å². The first-order chi connectivity index (χ1) is 10.8. The molecular formula is C16H29N5O2. The summed E-state index contributed by atoms with van der Waals surface area (Å²) < 4.78 is 5.82. The third kappa shape index (κ3) is 5.30. The molecule has 1 atom stereocenters. The number of primary amides is 1. The minimum Gasteiger partial charge on any atom is -0.374 e. The van der Waals surface area contributed by atoms with Crippen LogP contribution in [0.4, 0.5) is 0 Å². The van der Waals surface area contributed by atoms with E-state index >= 15 is 0 Å². The first-order valence-corrected chi connectivity index (χ1v) is 8.09. The highest BCUT2D eigenvalue weighted by atomic mass is 16.5. The first-order valence-electron chi connectivity index (χ1n) is 8.09. The van der Waals surface area contributed by atoms with Gasteiger partial charge < -0.3 is 10.5 Å². The molecule has 0 radical (unpaired) electrons. The van der Waals surface area contributed by atoms with Crippen molar-refractivity contribution in [3.05, 3.63) is 17.5 Å². The number of nitrogens with zero attached hydrogens (tertiary/aromatic N) is 3. The fourth-order valence-corrected chi connectivity index (χ4v) is 3.03. The lowest BCUT2D eigenvalue weighted by molar-refractivity contribution is -0.119. The van der Waals surface area contributed by atoms with Crippen molar-refractivity contribution in [2.75, 3.05) is 39.8 Å². The van der Waals surface area contributed by atoms with E-state index in [1.807, 2.05) is 18.1 Å². The van der Waals surface area contributed by atoms with Crippen LogP contribution in [-0.4, -0.2) is 71.8 Å². The third-order valence-electron chi connectivity index (χ3n) is 4.03. The van der Waals surface area contributed by atoms with Crippen LogP contribution in [-0.2, 0) is 21.5 Å². The molecule has 2 rings (SSSR count). The van der Waals surface area contributed by atoms with Crippen LogP contribution < -0.4 is 5.73 Å². The first kappa shape index (κ1) is 17.9. The van der Waals surface area contributed by atoms with Gasteiger partial charge in [0.25, 0.3) is 0 Å². The molecule has 0 aliphatic carbocycles. The molecule has 130 valence electrons. The molecule has 0 bridgehead atoms. The van der Waals surface area contributed by atoms with Gasteiger partial charge in [0.15, 0.2) is 0 Å². The maximum absolute atomic E-state index is 11.0. The minimum absolute atomic E-state index is 0.0548. The molecule has 1 aromatic heterocycles. The van der Waals surface area contributed by atoms with Crippen LogP contribution >= 0.6 is 0 Å². The van der Waals surface area contributed by atoms with Crippen LogP contribution in [0.25, 0.3) is 0 Å². The summed E-state index contributed by atoms with van der Waals surface area (Å²) in [5.74, 6) is -0.312. The number of nitrogens with one attached hydrogen (secondary N) is 1. The highest BCUT2D eigenvalue weighted by molar-refractivity contribution is 5.75. The lowest BCUT2D eigenvalue weighted by Gasteiger charge is -2.35. The molecule has 1 fully saturated rings. The Balaban J connectivity index is 1.92. The zero-order chi connectivity index (χ0) is 17.0. The topological polar surface area (TPSA) is 87.5 Å². The van der Waals surface area contributed by atoms with Crippen molar-refractivity contribution >= 4 is 5.91 Å². The number of carbonyl (C=O) groups excluding carboxylic acids is 1. The van der Waals surface area contributed by atoms with Crippen molar-refractivity contribution in [3.63, 3.8) is 0 Å². The summed E-state index contributed by atoms with van der Waals surface area (Å²) in [5, 5.41) is 7.34. The second-order valence-corrected chi connectivity index (χ2v) is 7.41. The molecule has 0 spiro atoms. The van der Waals surface area contributed by atoms with E-state index in [0.717, 1.165) is 19.6 Å². The van der Waals surface area contributed by atoms with Gasteiger partial charge in [-0.2, -0.15) is 5.10 Å². The van der Waals surface area contributed by atoms with Crippen molar-refractivity contribution < 1.29 is 9.53 Å². The van der Waals surface area contributed by atoms with E-state index < -0.39 is 0 Å². The molecule has 0 unspecified atom stereocenters. The predicted molar refractivity (Wildman–Crippen MR) is 89.0 cm³/mol. The lowest BCUT2D eigenvalue weighted by Crippen LogP contribution is -2.47. The largest absolute Gasteiger partial charge is 0.374 e. The zero-order valence-electron chi connectivity index (χ0n) is 14.6. The Morgan fingerprint density at radius 3 is 2.96 bits per heavy atom. The van der Waals surface area contributed by atoms with E-state index in [1.165, 1.54) is 11.3 Å². The van der Waals surface area contributed by atoms with Crippen molar-refractivity contribution in [1.29, 1.82) is 0 Å². The Morgan fingerprint density at radius 2 is 2.30 bits per heavy atom. The van der Waals surface area contributed by atoms with E-state index in [1.54, 1.807) is 0 Å². The lowest BCUT2D eigenvalue weighted by atomic mass is 9.89. The number of rotatable bonds is 6. The van der Waals surface area contributed by atoms with Crippen LogP contribution in [0.2, 0.25) is 0 Å². The average Bonchev–Trinajstić information content (AvgIpc) is 2.86. The number of amides is 1. The molecule has 0 aromatic carbocycles. The number of aromatic nitrogens is 2. The van der Waals surface area contributed by atoms with Gasteiger partial charge in [0.2, 0.25) is 5.91 Å². The monoisotopic (exact) mass is 323 g/mol. The number of nitrogens with two attached hydrogens (primary N) is 1. The number of carbonyl (C=O) groups is 1. The molecule has 1 saturated heterocycles. The molecule has 1 amide bonds. The Hall–Kier alpha value is -1.44. The second-order valence-electron chi connectivity index (χ2n) is 7.41. The molecule has 1 aliphatic rings. The van der Waals surface area contributed by atoms with Crippen molar-refractivity contribution in [2.45, 2.75) is 38.8 Å². The highest BCUT2D eigenvalue weighted by Gasteiger charge is 2.25. The summed E-state index contributed by atoms with van der Waals surface area (Å²) in [6.45, 7) is 10.8. The summed E-state index contributed by atoms with van der Waals surface area (Å²) in [6, 6.07) is 0. The summed E-state index contributed by atoms with van der Waals surface area (Å²) in [5.41, 5.74) is 7.71. The number of H-pyrrole nitrogens is 1. The molecule has 23 heavy (non-hydrogen) atoms. The number of hydrogen-bond acceptors (Lipinski definition) is 5. The molecular weight excluding hydrogens is 294 g/mol. The Kier molecular flexibility index (Phi) is 5.78. The molecule has 1 aromatic rings. The Labute approximate surface area is 138 Å². The van der Waals surface area contributed by atoms with Crippen LogP contribution in [0.15, 0.2) is 6.20 Å². The van der Waals surface area contributed by atoms with Crippen molar-refractivity contribution in [3.8, 4) is 0 Å². The summed E-state index contributed by atoms with van der Waals surface area (Å²) >= 11 is 0. The fourth-order valence-electron chi connectivity index (χ4n) is 3.03. The predicted octanol–water partition coefficient (Wildman–Crippen LogP) is 0.325. The molecule has 0 saturated carbocycles. The van der Waals surface area contributed by atoms with Gasteiger partial charge in [-0.1, -0.05) is 20.8 Å². The van der Waals surface area contributed by atoms with Crippen LogP contribution in [0.1, 0.15) is 32.0 Å². The highest BCUT2D eigenvalue weighted by Crippen LogP contribution is 2.24. The van der Waals surface area contributed by atoms with Gasteiger partial charge in [-0.25, -0.2) is 0 Å². The summed E-state index contributed by atoms with van der Waals surface area (Å²) in [6.07, 6.45) is 2.02. The smallest absolute Gasteiger partial charge is 0.231 e. The minimum atomic E-state index is -0.312. The number of ether oxygens (including phenoxy) is 1. The van der Waals surface area contributed by atoms with E-state index in [0.29, 0.717) is 13.2 Å². The Morgan fingerprint density at radius 1 is 1.57 bits per heavy atom. The second kappa shape index (κ2) is 7.42. The van der Waals surface area contributed by atoms with Gasteiger partial charge in [0.05, 0.1) is 25.5 Å². The standard InChI is InChI=1S/C16H29N5O2/c1-16(2,3)15-12(7-18-19-15)8-21-5-6-23-13(10-21)9-20(4)11-14(17)22/h7,13H,5-6,8-11H2,1-4H3,(H2,17,22)(H,18,19)/t13-/m1/s1. The number of morpholine rings is 1. The van der Waals surface area contributed by atoms with Crippen LogP contribution in [0.3, 0.4) is 0 Å². The quantitative estimate of drug-likeness (QED) is 0.787. The van der Waals surface area contributed by atoms with E-state index in [2.05, 4.69) is 35.9 Å². The normalized spacial score (nSPS) is 20.1. The number of aromatic amines is 1. The van der Waals surface area contributed by atoms with Gasteiger partial charge >= 0.3 is 0 Å². The van der Waals surface area contributed by atoms with Crippen molar-refractivity contribution in [1.82, 2.24) is 20.0 Å². The zero-order valence-corrected chi connectivity index (χ0v) is 14.6. The maximum atomic E-state index is 11.0. The van der Waals surface area contributed by atoms with E-state index in [-0.39, 0.29) is 24.0 Å². The maximum Gasteiger partial charge on any atom is 0.231 e. The third-order valence-corrected chi connectivity index (χ3v) is 4.03. The van der Waals surface area contributed by atoms with E-state index in [9.17, 15) is 4.79 Å². The molecule has 1 aliphatic heterocycles. The summed E-state index contributed by atoms with van der Waals surface area (Å²) in [7, 11) is 1.89.